The highest BCUT2D eigenvalue weighted by Gasteiger charge is 2.25. The van der Waals surface area contributed by atoms with Crippen molar-refractivity contribution in [2.24, 2.45) is 0 Å². The third-order valence-corrected chi connectivity index (χ3v) is 4.41. The fourth-order valence-corrected chi connectivity index (χ4v) is 3.15. The van der Waals surface area contributed by atoms with E-state index in [1.54, 1.807) is 6.07 Å². The first-order chi connectivity index (χ1) is 12.2. The van der Waals surface area contributed by atoms with Gasteiger partial charge in [0.2, 0.25) is 0 Å². The third-order valence-electron chi connectivity index (χ3n) is 4.41. The average Bonchev–Trinajstić information content (AvgIpc) is 3.13. The van der Waals surface area contributed by atoms with Crippen LogP contribution in [-0.2, 0) is 6.42 Å². The molecule has 1 aliphatic carbocycles. The summed E-state index contributed by atoms with van der Waals surface area (Å²) in [6.45, 7) is 1.88. The second-order valence-electron chi connectivity index (χ2n) is 6.18. The van der Waals surface area contributed by atoms with Crippen molar-refractivity contribution in [1.82, 2.24) is 20.4 Å². The van der Waals surface area contributed by atoms with Crippen molar-refractivity contribution in [2.45, 2.75) is 32.2 Å². The monoisotopic (exact) mass is 334 g/mol. The molecule has 1 aromatic carbocycles. The molecule has 25 heavy (non-hydrogen) atoms. The van der Waals surface area contributed by atoms with Crippen LogP contribution >= 0.6 is 0 Å². The highest BCUT2D eigenvalue weighted by Crippen LogP contribution is 2.28. The molecule has 1 amide bonds. The summed E-state index contributed by atoms with van der Waals surface area (Å²) in [6.07, 6.45) is 4.60. The number of carbonyl (C=O) groups is 1. The maximum Gasteiger partial charge on any atom is 0.273 e. The average molecular weight is 334 g/mol. The highest BCUT2D eigenvalue weighted by atomic mass is 16.5. The summed E-state index contributed by atoms with van der Waals surface area (Å²) in [6, 6.07) is 11.2. The van der Waals surface area contributed by atoms with E-state index in [0.717, 1.165) is 41.9 Å². The Morgan fingerprint density at radius 3 is 2.96 bits per heavy atom. The van der Waals surface area contributed by atoms with Crippen molar-refractivity contribution in [3.63, 3.8) is 0 Å². The van der Waals surface area contributed by atoms with Gasteiger partial charge in [-0.3, -0.25) is 4.79 Å². The molecule has 126 valence electrons. The summed E-state index contributed by atoms with van der Waals surface area (Å²) in [4.78, 5) is 21.3. The van der Waals surface area contributed by atoms with Gasteiger partial charge in [0.15, 0.2) is 11.5 Å². The lowest BCUT2D eigenvalue weighted by Gasteiger charge is -2.25. The van der Waals surface area contributed by atoms with Crippen LogP contribution in [0.2, 0.25) is 0 Å². The molecular formula is C19H18N4O2. The zero-order valence-corrected chi connectivity index (χ0v) is 13.9. The van der Waals surface area contributed by atoms with Crippen LogP contribution < -0.4 is 5.32 Å². The summed E-state index contributed by atoms with van der Waals surface area (Å²) in [5.74, 6) is 1.09. The van der Waals surface area contributed by atoms with E-state index >= 15 is 0 Å². The second kappa shape index (κ2) is 6.47. The van der Waals surface area contributed by atoms with Gasteiger partial charge in [-0.2, -0.15) is 0 Å². The largest absolute Gasteiger partial charge is 0.355 e. The number of nitrogens with zero attached hydrogens (tertiary/aromatic N) is 3. The molecule has 0 spiro atoms. The number of fused-ring (bicyclic) bond motifs is 1. The fourth-order valence-electron chi connectivity index (χ4n) is 3.15. The van der Waals surface area contributed by atoms with E-state index in [0.29, 0.717) is 5.76 Å². The van der Waals surface area contributed by atoms with Gasteiger partial charge >= 0.3 is 0 Å². The van der Waals surface area contributed by atoms with Gasteiger partial charge in [0, 0.05) is 29.1 Å². The molecule has 4 rings (SSSR count). The molecule has 2 aromatic heterocycles. The summed E-state index contributed by atoms with van der Waals surface area (Å²) < 4.78 is 5.31. The summed E-state index contributed by atoms with van der Waals surface area (Å²) in [5.41, 5.74) is 3.19. The molecule has 0 fully saturated rings. The minimum atomic E-state index is -0.246. The molecule has 0 saturated heterocycles. The highest BCUT2D eigenvalue weighted by molar-refractivity contribution is 5.93. The van der Waals surface area contributed by atoms with Crippen molar-refractivity contribution >= 4 is 5.91 Å². The topological polar surface area (TPSA) is 80.9 Å². The molecule has 1 N–H and O–H groups in total. The Morgan fingerprint density at radius 1 is 1.28 bits per heavy atom. The number of benzene rings is 1. The molecule has 0 aliphatic heterocycles. The molecule has 6 heteroatoms. The van der Waals surface area contributed by atoms with E-state index in [1.807, 2.05) is 43.5 Å². The SMILES string of the molecule is Cc1ncc2c(n1)CCC[C@@H]2NC(=O)c1cc(-c2ccccc2)on1. The maximum atomic E-state index is 12.6. The van der Waals surface area contributed by atoms with Gasteiger partial charge in [0.05, 0.1) is 6.04 Å². The van der Waals surface area contributed by atoms with Crippen molar-refractivity contribution in [2.75, 3.05) is 0 Å². The molecule has 6 nitrogen and oxygen atoms in total. The molecule has 0 bridgehead atoms. The number of rotatable bonds is 3. The Morgan fingerprint density at radius 2 is 2.12 bits per heavy atom. The van der Waals surface area contributed by atoms with Crippen molar-refractivity contribution in [3.8, 4) is 11.3 Å². The fraction of sp³-hybridized carbons (Fsp3) is 0.263. The van der Waals surface area contributed by atoms with Crippen LogP contribution in [0, 0.1) is 6.92 Å². The molecular weight excluding hydrogens is 316 g/mol. The van der Waals surface area contributed by atoms with Crippen molar-refractivity contribution < 1.29 is 9.32 Å². The number of aromatic nitrogens is 3. The lowest BCUT2D eigenvalue weighted by atomic mass is 9.92. The first-order valence-electron chi connectivity index (χ1n) is 8.36. The molecule has 3 aromatic rings. The van der Waals surface area contributed by atoms with Gasteiger partial charge in [-0.1, -0.05) is 35.5 Å². The minimum absolute atomic E-state index is 0.0891. The zero-order valence-electron chi connectivity index (χ0n) is 13.9. The number of nitrogens with one attached hydrogen (secondary N) is 1. The Kier molecular flexibility index (Phi) is 4.01. The van der Waals surface area contributed by atoms with E-state index in [9.17, 15) is 4.79 Å². The van der Waals surface area contributed by atoms with Crippen LogP contribution in [0.3, 0.4) is 0 Å². The van der Waals surface area contributed by atoms with Gasteiger partial charge < -0.3 is 9.84 Å². The lowest BCUT2D eigenvalue weighted by molar-refractivity contribution is 0.0923. The number of amides is 1. The van der Waals surface area contributed by atoms with E-state index in [-0.39, 0.29) is 17.6 Å². The third kappa shape index (κ3) is 3.15. The summed E-state index contributed by atoms with van der Waals surface area (Å²) in [5, 5.41) is 6.94. The van der Waals surface area contributed by atoms with Gasteiger partial charge in [-0.15, -0.1) is 0 Å². The predicted molar refractivity (Wildman–Crippen MR) is 91.9 cm³/mol. The van der Waals surface area contributed by atoms with Crippen LogP contribution in [0.4, 0.5) is 0 Å². The quantitative estimate of drug-likeness (QED) is 0.795. The molecule has 2 heterocycles. The van der Waals surface area contributed by atoms with Gasteiger partial charge in [0.25, 0.3) is 5.91 Å². The maximum absolute atomic E-state index is 12.6. The molecule has 1 atom stereocenters. The second-order valence-corrected chi connectivity index (χ2v) is 6.18. The van der Waals surface area contributed by atoms with Gasteiger partial charge in [-0.05, 0) is 26.2 Å². The van der Waals surface area contributed by atoms with E-state index in [2.05, 4.69) is 20.4 Å². The predicted octanol–water partition coefficient (Wildman–Crippen LogP) is 3.25. The molecule has 0 saturated carbocycles. The van der Waals surface area contributed by atoms with Crippen LogP contribution in [0.15, 0.2) is 47.1 Å². The first-order valence-corrected chi connectivity index (χ1v) is 8.36. The number of hydrogen-bond acceptors (Lipinski definition) is 5. The van der Waals surface area contributed by atoms with Crippen molar-refractivity contribution in [1.29, 1.82) is 0 Å². The normalized spacial score (nSPS) is 16.3. The molecule has 0 radical (unpaired) electrons. The molecule has 0 unspecified atom stereocenters. The number of hydrogen-bond donors (Lipinski definition) is 1. The summed E-state index contributed by atoms with van der Waals surface area (Å²) in [7, 11) is 0. The van der Waals surface area contributed by atoms with E-state index in [4.69, 9.17) is 4.52 Å². The summed E-state index contributed by atoms with van der Waals surface area (Å²) >= 11 is 0. The van der Waals surface area contributed by atoms with E-state index in [1.165, 1.54) is 0 Å². The van der Waals surface area contributed by atoms with Crippen molar-refractivity contribution in [3.05, 3.63) is 65.4 Å². The Balaban J connectivity index is 1.53. The number of aryl methyl sites for hydroxylation is 2. The van der Waals surface area contributed by atoms with Crippen LogP contribution in [-0.4, -0.2) is 21.0 Å². The van der Waals surface area contributed by atoms with E-state index < -0.39 is 0 Å². The Hall–Kier alpha value is -3.02. The van der Waals surface area contributed by atoms with Crippen LogP contribution in [0.1, 0.15) is 46.5 Å². The van der Waals surface area contributed by atoms with Crippen LogP contribution in [0.25, 0.3) is 11.3 Å². The van der Waals surface area contributed by atoms with Gasteiger partial charge in [-0.25, -0.2) is 9.97 Å². The zero-order chi connectivity index (χ0) is 17.2. The minimum Gasteiger partial charge on any atom is -0.355 e. The Bertz CT molecular complexity index is 905. The first kappa shape index (κ1) is 15.5. The number of carbonyl (C=O) groups excluding carboxylic acids is 1. The van der Waals surface area contributed by atoms with Gasteiger partial charge in [0.1, 0.15) is 5.82 Å². The van der Waals surface area contributed by atoms with Crippen LogP contribution in [0.5, 0.6) is 0 Å². The standard InChI is InChI=1S/C19H18N4O2/c1-12-20-11-14-15(21-12)8-5-9-16(14)22-19(24)17-10-18(25-23-17)13-6-3-2-4-7-13/h2-4,6-7,10-11,16H,5,8-9H2,1H3,(H,22,24)/t16-/m0/s1. The molecule has 1 aliphatic rings. The Labute approximate surface area is 145 Å². The lowest BCUT2D eigenvalue weighted by Crippen LogP contribution is -2.31. The smallest absolute Gasteiger partial charge is 0.273 e.